The first kappa shape index (κ1) is 22.7. The summed E-state index contributed by atoms with van der Waals surface area (Å²) in [6.07, 6.45) is -4.45. The maximum atomic E-state index is 13.1. The zero-order chi connectivity index (χ0) is 21.7. The van der Waals surface area contributed by atoms with Crippen molar-refractivity contribution in [1.82, 2.24) is 10.2 Å². The van der Waals surface area contributed by atoms with Crippen molar-refractivity contribution >= 4 is 6.03 Å². The van der Waals surface area contributed by atoms with Crippen molar-refractivity contribution in [3.05, 3.63) is 70.8 Å². The lowest BCUT2D eigenvalue weighted by Gasteiger charge is -2.21. The Bertz CT molecular complexity index is 829. The first-order valence-corrected chi connectivity index (χ1v) is 9.31. The van der Waals surface area contributed by atoms with Crippen LogP contribution in [0.3, 0.4) is 0 Å². The summed E-state index contributed by atoms with van der Waals surface area (Å²) in [6, 6.07) is 12.5. The van der Waals surface area contributed by atoms with Crippen molar-refractivity contribution in [3.63, 3.8) is 0 Å². The van der Waals surface area contributed by atoms with E-state index in [4.69, 9.17) is 4.74 Å². The number of nitrogens with one attached hydrogen (secondary N) is 1. The Kier molecular flexibility index (Phi) is 7.30. The van der Waals surface area contributed by atoms with E-state index < -0.39 is 17.8 Å². The second-order valence-corrected chi connectivity index (χ2v) is 7.89. The molecule has 0 heterocycles. The van der Waals surface area contributed by atoms with Gasteiger partial charge >= 0.3 is 12.2 Å². The standard InChI is InChI=1S/C22H27F3N2O2/c1-21(2,3)29-15-17-9-7-8-16(12-17)13-26-20(28)27(4)14-18-10-5-6-11-19(18)22(23,24)25/h5-12H,13-15H2,1-4H3,(H,26,28). The van der Waals surface area contributed by atoms with Crippen molar-refractivity contribution in [1.29, 1.82) is 0 Å². The van der Waals surface area contributed by atoms with E-state index in [1.54, 1.807) is 0 Å². The highest BCUT2D eigenvalue weighted by molar-refractivity contribution is 5.73. The smallest absolute Gasteiger partial charge is 0.371 e. The Labute approximate surface area is 169 Å². The minimum Gasteiger partial charge on any atom is -0.371 e. The van der Waals surface area contributed by atoms with Gasteiger partial charge in [-0.3, -0.25) is 0 Å². The average Bonchev–Trinajstić information content (AvgIpc) is 2.64. The average molecular weight is 408 g/mol. The van der Waals surface area contributed by atoms with Crippen LogP contribution in [0.25, 0.3) is 0 Å². The van der Waals surface area contributed by atoms with E-state index in [2.05, 4.69) is 5.32 Å². The molecule has 0 fully saturated rings. The van der Waals surface area contributed by atoms with E-state index in [1.807, 2.05) is 45.0 Å². The normalized spacial score (nSPS) is 12.0. The molecular formula is C22H27F3N2O2. The van der Waals surface area contributed by atoms with Crippen molar-refractivity contribution in [2.45, 2.75) is 52.2 Å². The molecule has 2 amide bonds. The lowest BCUT2D eigenvalue weighted by Crippen LogP contribution is -2.36. The van der Waals surface area contributed by atoms with Gasteiger partial charge in [0.1, 0.15) is 0 Å². The number of rotatable bonds is 6. The van der Waals surface area contributed by atoms with Crippen LogP contribution in [-0.2, 0) is 30.6 Å². The van der Waals surface area contributed by atoms with Crippen molar-refractivity contribution < 1.29 is 22.7 Å². The van der Waals surface area contributed by atoms with E-state index in [0.29, 0.717) is 6.61 Å². The maximum absolute atomic E-state index is 13.1. The molecule has 0 aliphatic heterocycles. The van der Waals surface area contributed by atoms with Gasteiger partial charge in [0.25, 0.3) is 0 Å². The number of carbonyl (C=O) groups excluding carboxylic acids is 1. The fraction of sp³-hybridized carbons (Fsp3) is 0.409. The quantitative estimate of drug-likeness (QED) is 0.699. The van der Waals surface area contributed by atoms with Gasteiger partial charge in [0.15, 0.2) is 0 Å². The Balaban J connectivity index is 1.95. The van der Waals surface area contributed by atoms with Crippen LogP contribution in [0.5, 0.6) is 0 Å². The number of urea groups is 1. The molecule has 0 bridgehead atoms. The molecule has 0 spiro atoms. The van der Waals surface area contributed by atoms with Gasteiger partial charge in [-0.05, 0) is 43.5 Å². The highest BCUT2D eigenvalue weighted by Crippen LogP contribution is 2.32. The molecule has 0 aliphatic carbocycles. The van der Waals surface area contributed by atoms with Crippen molar-refractivity contribution in [3.8, 4) is 0 Å². The number of halogens is 3. The van der Waals surface area contributed by atoms with Gasteiger partial charge in [-0.2, -0.15) is 13.2 Å². The highest BCUT2D eigenvalue weighted by atomic mass is 19.4. The summed E-state index contributed by atoms with van der Waals surface area (Å²) in [5, 5.41) is 2.74. The summed E-state index contributed by atoms with van der Waals surface area (Å²) in [4.78, 5) is 13.6. The first-order valence-electron chi connectivity index (χ1n) is 9.31. The molecule has 0 radical (unpaired) electrons. The summed E-state index contributed by atoms with van der Waals surface area (Å²) in [5.74, 6) is 0. The minimum atomic E-state index is -4.45. The Morgan fingerprint density at radius 1 is 1.03 bits per heavy atom. The summed E-state index contributed by atoms with van der Waals surface area (Å²) >= 11 is 0. The third-order valence-corrected chi connectivity index (χ3v) is 4.18. The van der Waals surface area contributed by atoms with Gasteiger partial charge in [-0.25, -0.2) is 4.79 Å². The molecule has 0 aromatic heterocycles. The lowest BCUT2D eigenvalue weighted by atomic mass is 10.1. The van der Waals surface area contributed by atoms with Gasteiger partial charge in [-0.15, -0.1) is 0 Å². The predicted molar refractivity (Wildman–Crippen MR) is 106 cm³/mol. The van der Waals surface area contributed by atoms with Crippen LogP contribution in [0.1, 0.15) is 43.0 Å². The summed E-state index contributed by atoms with van der Waals surface area (Å²) in [7, 11) is 1.47. The number of amides is 2. The molecule has 0 saturated heterocycles. The molecule has 1 N–H and O–H groups in total. The highest BCUT2D eigenvalue weighted by Gasteiger charge is 2.33. The van der Waals surface area contributed by atoms with Crippen LogP contribution < -0.4 is 5.32 Å². The zero-order valence-electron chi connectivity index (χ0n) is 17.1. The van der Waals surface area contributed by atoms with Crippen LogP contribution in [0.4, 0.5) is 18.0 Å². The minimum absolute atomic E-state index is 0.0546. The van der Waals surface area contributed by atoms with Crippen molar-refractivity contribution in [2.24, 2.45) is 0 Å². The fourth-order valence-electron chi connectivity index (χ4n) is 2.70. The number of carbonyl (C=O) groups is 1. The van der Waals surface area contributed by atoms with Crippen molar-refractivity contribution in [2.75, 3.05) is 7.05 Å². The van der Waals surface area contributed by atoms with Gasteiger partial charge < -0.3 is 15.0 Å². The third kappa shape index (κ3) is 7.42. The van der Waals surface area contributed by atoms with Gasteiger partial charge in [0, 0.05) is 20.1 Å². The van der Waals surface area contributed by atoms with Crippen LogP contribution in [0.15, 0.2) is 48.5 Å². The number of benzene rings is 2. The van der Waals surface area contributed by atoms with Crippen LogP contribution >= 0.6 is 0 Å². The topological polar surface area (TPSA) is 41.6 Å². The predicted octanol–water partition coefficient (Wildman–Crippen LogP) is 5.36. The largest absolute Gasteiger partial charge is 0.416 e. The molecule has 0 unspecified atom stereocenters. The van der Waals surface area contributed by atoms with Crippen LogP contribution in [0, 0.1) is 0 Å². The second-order valence-electron chi connectivity index (χ2n) is 7.89. The van der Waals surface area contributed by atoms with E-state index in [9.17, 15) is 18.0 Å². The van der Waals surface area contributed by atoms with E-state index in [-0.39, 0.29) is 24.3 Å². The summed E-state index contributed by atoms with van der Waals surface area (Å²) < 4.78 is 45.1. The lowest BCUT2D eigenvalue weighted by molar-refractivity contribution is -0.138. The van der Waals surface area contributed by atoms with Gasteiger partial charge in [-0.1, -0.05) is 42.5 Å². The Morgan fingerprint density at radius 2 is 1.69 bits per heavy atom. The summed E-state index contributed by atoms with van der Waals surface area (Å²) in [5.41, 5.74) is 0.946. The van der Waals surface area contributed by atoms with Gasteiger partial charge in [0.05, 0.1) is 17.8 Å². The number of nitrogens with zero attached hydrogens (tertiary/aromatic N) is 1. The molecular weight excluding hydrogens is 381 g/mol. The molecule has 29 heavy (non-hydrogen) atoms. The van der Waals surface area contributed by atoms with Crippen LogP contribution in [0.2, 0.25) is 0 Å². The molecule has 7 heteroatoms. The molecule has 2 aromatic rings. The number of alkyl halides is 3. The first-order chi connectivity index (χ1) is 13.5. The third-order valence-electron chi connectivity index (χ3n) is 4.18. The van der Waals surface area contributed by atoms with E-state index >= 15 is 0 Å². The fourth-order valence-corrected chi connectivity index (χ4v) is 2.70. The maximum Gasteiger partial charge on any atom is 0.416 e. The Morgan fingerprint density at radius 3 is 2.34 bits per heavy atom. The second kappa shape index (κ2) is 9.31. The molecule has 0 atom stereocenters. The molecule has 2 aromatic carbocycles. The molecule has 0 saturated carbocycles. The Hall–Kier alpha value is -2.54. The number of hydrogen-bond donors (Lipinski definition) is 1. The summed E-state index contributed by atoms with van der Waals surface area (Å²) in [6.45, 7) is 6.52. The SMILES string of the molecule is CN(Cc1ccccc1C(F)(F)F)C(=O)NCc1cccc(COC(C)(C)C)c1. The van der Waals surface area contributed by atoms with E-state index in [1.165, 1.54) is 30.1 Å². The van der Waals surface area contributed by atoms with E-state index in [0.717, 1.165) is 17.2 Å². The number of hydrogen-bond acceptors (Lipinski definition) is 2. The number of ether oxygens (including phenoxy) is 1. The molecule has 158 valence electrons. The molecule has 2 rings (SSSR count). The molecule has 0 aliphatic rings. The monoisotopic (exact) mass is 408 g/mol. The molecule has 4 nitrogen and oxygen atoms in total. The van der Waals surface area contributed by atoms with Crippen LogP contribution in [-0.4, -0.2) is 23.6 Å². The zero-order valence-corrected chi connectivity index (χ0v) is 17.1. The van der Waals surface area contributed by atoms with Gasteiger partial charge in [0.2, 0.25) is 0 Å².